The van der Waals surface area contributed by atoms with E-state index < -0.39 is 32.8 Å². The predicted molar refractivity (Wildman–Crippen MR) is 73.6 cm³/mol. The Hall–Kier alpha value is -1.63. The summed E-state index contributed by atoms with van der Waals surface area (Å²) in [4.78, 5) is 0. The highest BCUT2D eigenvalue weighted by Gasteiger charge is 2.30. The lowest BCUT2D eigenvalue weighted by atomic mass is 10.2. The quantitative estimate of drug-likeness (QED) is 0.909. The van der Waals surface area contributed by atoms with E-state index in [0.717, 1.165) is 24.3 Å². The molecule has 0 aliphatic carbocycles. The molecule has 0 radical (unpaired) electrons. The van der Waals surface area contributed by atoms with E-state index in [1.807, 2.05) is 0 Å². The average molecular weight is 300 g/mol. The van der Waals surface area contributed by atoms with Gasteiger partial charge in [0.2, 0.25) is 0 Å². The van der Waals surface area contributed by atoms with E-state index in [2.05, 4.69) is 0 Å². The zero-order valence-electron chi connectivity index (χ0n) is 10.5. The maximum absolute atomic E-state index is 12.8. The van der Waals surface area contributed by atoms with Crippen LogP contribution in [0, 0.1) is 11.6 Å². The van der Waals surface area contributed by atoms with Gasteiger partial charge in [-0.15, -0.1) is 0 Å². The van der Waals surface area contributed by atoms with Crippen molar-refractivity contribution in [2.45, 2.75) is 11.5 Å². The second kappa shape index (κ2) is 5.05. The van der Waals surface area contributed by atoms with Gasteiger partial charge in [0.15, 0.2) is 0 Å². The first kappa shape index (κ1) is 14.8. The van der Waals surface area contributed by atoms with Gasteiger partial charge in [0.25, 0.3) is 0 Å². The molecular formula is C14H14F2O3S. The van der Waals surface area contributed by atoms with E-state index in [9.17, 15) is 22.1 Å². The van der Waals surface area contributed by atoms with Gasteiger partial charge in [0.05, 0.1) is 21.1 Å². The Labute approximate surface area is 115 Å². The molecular weight excluding hydrogens is 286 g/mol. The zero-order valence-corrected chi connectivity index (χ0v) is 11.3. The van der Waals surface area contributed by atoms with Gasteiger partial charge < -0.3 is 9.11 Å². The summed E-state index contributed by atoms with van der Waals surface area (Å²) in [5, 5.41) is 0. The molecule has 0 bridgehead atoms. The molecule has 0 saturated carbocycles. The Bertz CT molecular complexity index is 606. The second-order valence-corrected chi connectivity index (χ2v) is 7.68. The fraction of sp³-hybridized carbons (Fsp3) is 0.143. The maximum atomic E-state index is 12.8. The Morgan fingerprint density at radius 3 is 1.35 bits per heavy atom. The van der Waals surface area contributed by atoms with Gasteiger partial charge in [0, 0.05) is 0 Å². The molecule has 3 nitrogen and oxygen atoms in total. The summed E-state index contributed by atoms with van der Waals surface area (Å²) in [5.74, 6) is -1.94. The average Bonchev–Trinajstić information content (AvgIpc) is 2.34. The van der Waals surface area contributed by atoms with E-state index in [4.69, 9.17) is 0 Å². The monoisotopic (exact) mass is 300 g/mol. The van der Waals surface area contributed by atoms with Gasteiger partial charge >= 0.3 is 0 Å². The molecule has 0 fully saturated rings. The molecule has 108 valence electrons. The number of rotatable bonds is 4. The van der Waals surface area contributed by atoms with Crippen LogP contribution in [0.15, 0.2) is 48.5 Å². The van der Waals surface area contributed by atoms with Crippen molar-refractivity contribution in [3.8, 4) is 0 Å². The minimum absolute atomic E-state index is 0.343. The lowest BCUT2D eigenvalue weighted by Gasteiger charge is -2.30. The van der Waals surface area contributed by atoms with Crippen LogP contribution in [0.4, 0.5) is 8.78 Å². The number of benzene rings is 2. The Balaban J connectivity index is 2.20. The summed E-state index contributed by atoms with van der Waals surface area (Å²) in [6, 6.07) is 9.93. The molecule has 0 saturated heterocycles. The molecule has 2 N–H and O–H groups in total. The number of halogens is 2. The minimum atomic E-state index is -4.93. The molecule has 0 aromatic heterocycles. The third kappa shape index (κ3) is 4.19. The van der Waals surface area contributed by atoms with Gasteiger partial charge in [-0.1, -0.05) is 24.3 Å². The lowest BCUT2D eigenvalue weighted by Crippen LogP contribution is -2.35. The summed E-state index contributed by atoms with van der Waals surface area (Å²) in [5.41, 5.74) is 0.686. The third-order valence-corrected chi connectivity index (χ3v) is 4.57. The summed E-state index contributed by atoms with van der Waals surface area (Å²) in [6.45, 7) is 0. The van der Waals surface area contributed by atoms with Crippen LogP contribution < -0.4 is 0 Å². The van der Waals surface area contributed by atoms with Crippen LogP contribution in [0.1, 0.15) is 11.1 Å². The van der Waals surface area contributed by atoms with Crippen LogP contribution in [0.25, 0.3) is 0 Å². The van der Waals surface area contributed by atoms with Gasteiger partial charge in [-0.25, -0.2) is 13.0 Å². The normalized spacial score (nSPS) is 13.7. The van der Waals surface area contributed by atoms with Crippen LogP contribution in [0.2, 0.25) is 0 Å². The minimum Gasteiger partial charge on any atom is -0.307 e. The van der Waals surface area contributed by atoms with Crippen molar-refractivity contribution < 1.29 is 22.1 Å². The van der Waals surface area contributed by atoms with Crippen LogP contribution in [-0.4, -0.2) is 13.3 Å². The molecule has 0 amide bonds. The topological polar surface area (TPSA) is 57.5 Å². The molecule has 6 heteroatoms. The summed E-state index contributed by atoms with van der Waals surface area (Å²) in [6.07, 6.45) is 0. The molecule has 2 rings (SSSR count). The van der Waals surface area contributed by atoms with Crippen LogP contribution in [0.5, 0.6) is 0 Å². The molecule has 2 aromatic rings. The standard InChI is InChI=1S/C14H14F2O3S/c15-13-5-1-11(2-6-13)9-20(17,18,19)10-12-3-7-14(16)8-4-12/h1-8H,9-10H2,(H2,17,18,19). The second-order valence-electron chi connectivity index (χ2n) is 4.73. The Morgan fingerprint density at radius 1 is 0.750 bits per heavy atom. The molecule has 0 atom stereocenters. The fourth-order valence-electron chi connectivity index (χ4n) is 1.88. The molecule has 0 aliphatic rings. The third-order valence-electron chi connectivity index (χ3n) is 2.74. The van der Waals surface area contributed by atoms with Gasteiger partial charge in [0.1, 0.15) is 11.6 Å². The molecule has 0 unspecified atom stereocenters. The van der Waals surface area contributed by atoms with E-state index in [1.54, 1.807) is 0 Å². The number of hydrogen-bond donors (Lipinski definition) is 2. The maximum Gasteiger partial charge on any atom is 0.123 e. The van der Waals surface area contributed by atoms with Crippen LogP contribution in [-0.2, 0) is 21.1 Å². The van der Waals surface area contributed by atoms with Crippen LogP contribution >= 0.6 is 0 Å². The van der Waals surface area contributed by atoms with Gasteiger partial charge in [-0.05, 0) is 35.4 Å². The highest BCUT2D eigenvalue weighted by Crippen LogP contribution is 2.28. The first-order valence-corrected chi connectivity index (χ1v) is 8.06. The predicted octanol–water partition coefficient (Wildman–Crippen LogP) is 3.43. The van der Waals surface area contributed by atoms with Gasteiger partial charge in [-0.3, -0.25) is 0 Å². The van der Waals surface area contributed by atoms with Crippen molar-refractivity contribution in [1.82, 2.24) is 0 Å². The van der Waals surface area contributed by atoms with Crippen molar-refractivity contribution in [2.24, 2.45) is 0 Å². The molecule has 20 heavy (non-hydrogen) atoms. The first-order valence-electron chi connectivity index (χ1n) is 5.84. The van der Waals surface area contributed by atoms with Crippen molar-refractivity contribution in [3.05, 3.63) is 71.3 Å². The zero-order chi connectivity index (χ0) is 14.8. The Morgan fingerprint density at radius 2 is 1.05 bits per heavy atom. The highest BCUT2D eigenvalue weighted by atomic mass is 32.3. The van der Waals surface area contributed by atoms with Crippen molar-refractivity contribution >= 4 is 9.63 Å². The molecule has 0 heterocycles. The highest BCUT2D eigenvalue weighted by molar-refractivity contribution is 8.08. The summed E-state index contributed by atoms with van der Waals surface area (Å²) >= 11 is 0. The van der Waals surface area contributed by atoms with E-state index >= 15 is 0 Å². The summed E-state index contributed by atoms with van der Waals surface area (Å²) < 4.78 is 57.7. The first-order chi connectivity index (χ1) is 9.21. The van der Waals surface area contributed by atoms with Crippen molar-refractivity contribution in [1.29, 1.82) is 0 Å². The molecule has 0 aliphatic heterocycles. The SMILES string of the molecule is O=S(O)(O)(Cc1ccc(F)cc1)Cc1ccc(F)cc1. The largest absolute Gasteiger partial charge is 0.307 e. The van der Waals surface area contributed by atoms with E-state index in [0.29, 0.717) is 11.1 Å². The van der Waals surface area contributed by atoms with Crippen molar-refractivity contribution in [2.75, 3.05) is 0 Å². The summed E-state index contributed by atoms with van der Waals surface area (Å²) in [7, 11) is -4.93. The van der Waals surface area contributed by atoms with E-state index in [-0.39, 0.29) is 0 Å². The molecule has 0 spiro atoms. The van der Waals surface area contributed by atoms with Gasteiger partial charge in [-0.2, -0.15) is 0 Å². The lowest BCUT2D eigenvalue weighted by molar-refractivity contribution is 0.387. The van der Waals surface area contributed by atoms with Crippen molar-refractivity contribution in [3.63, 3.8) is 0 Å². The fourth-order valence-corrected chi connectivity index (χ4v) is 3.71. The van der Waals surface area contributed by atoms with E-state index in [1.165, 1.54) is 24.3 Å². The molecule has 2 aromatic carbocycles. The number of hydrogen-bond acceptors (Lipinski definition) is 1. The smallest absolute Gasteiger partial charge is 0.123 e. The van der Waals surface area contributed by atoms with Crippen LogP contribution in [0.3, 0.4) is 0 Å². The Kier molecular flexibility index (Phi) is 3.73.